The lowest BCUT2D eigenvalue weighted by molar-refractivity contribution is -0.137. The average molecular weight is 440 g/mol. The van der Waals surface area contributed by atoms with Gasteiger partial charge < -0.3 is 10.8 Å². The highest BCUT2D eigenvalue weighted by Gasteiger charge is 2.31. The Bertz CT molecular complexity index is 757. The Balaban J connectivity index is 0.00000338. The molecule has 2 rings (SSSR count). The van der Waals surface area contributed by atoms with Crippen molar-refractivity contribution in [1.82, 2.24) is 4.98 Å². The third kappa shape index (κ3) is 7.20. The largest absolute Gasteiger partial charge is 0.416 e. The number of hydrogen-bond acceptors (Lipinski definition) is 5. The molecule has 0 aliphatic carbocycles. The van der Waals surface area contributed by atoms with E-state index in [9.17, 15) is 23.5 Å². The number of aliphatic hydroxyl groups is 1. The molecule has 10 heteroatoms. The molecule has 0 radical (unpaired) electrons. The Labute approximate surface area is 171 Å². The van der Waals surface area contributed by atoms with Gasteiger partial charge in [-0.25, -0.2) is 0 Å². The molecule has 2 atom stereocenters. The topological polar surface area (TPSA) is 82.9 Å². The fourth-order valence-corrected chi connectivity index (χ4v) is 3.57. The molecule has 0 saturated carbocycles. The van der Waals surface area contributed by atoms with E-state index in [1.807, 2.05) is 6.07 Å². The molecule has 1 aromatic carbocycles. The van der Waals surface area contributed by atoms with Crippen LogP contribution in [-0.2, 0) is 6.18 Å². The summed E-state index contributed by atoms with van der Waals surface area (Å²) in [6.07, 6.45) is -0.980. The fraction of sp³-hybridized carbons (Fsp3) is 0.294. The molecule has 0 aliphatic heterocycles. The second kappa shape index (κ2) is 11.4. The molecule has 1 heterocycles. The van der Waals surface area contributed by atoms with Gasteiger partial charge in [-0.15, -0.1) is 36.6 Å². The van der Waals surface area contributed by atoms with E-state index in [2.05, 4.69) is 4.98 Å². The number of alkyl halides is 3. The van der Waals surface area contributed by atoms with Crippen LogP contribution in [0.25, 0.3) is 0 Å². The minimum Gasteiger partial charge on any atom is -0.395 e. The zero-order chi connectivity index (χ0) is 18.4. The highest BCUT2D eigenvalue weighted by atomic mass is 35.5. The highest BCUT2D eigenvalue weighted by Crippen LogP contribution is 2.41. The molecule has 0 amide bonds. The second-order valence-electron chi connectivity index (χ2n) is 5.39. The summed E-state index contributed by atoms with van der Waals surface area (Å²) in [5, 5.41) is 18.1. The number of halogens is 5. The monoisotopic (exact) mass is 439 g/mol. The summed E-state index contributed by atoms with van der Waals surface area (Å²) in [6, 6.07) is 7.90. The van der Waals surface area contributed by atoms with Gasteiger partial charge in [0.2, 0.25) is 0 Å². The van der Waals surface area contributed by atoms with Crippen molar-refractivity contribution < 1.29 is 18.3 Å². The van der Waals surface area contributed by atoms with Crippen molar-refractivity contribution in [2.45, 2.75) is 28.8 Å². The maximum Gasteiger partial charge on any atom is 0.416 e. The van der Waals surface area contributed by atoms with Gasteiger partial charge in [-0.1, -0.05) is 6.07 Å². The van der Waals surface area contributed by atoms with Gasteiger partial charge in [0.15, 0.2) is 0 Å². The van der Waals surface area contributed by atoms with Gasteiger partial charge in [-0.3, -0.25) is 4.98 Å². The van der Waals surface area contributed by atoms with E-state index in [4.69, 9.17) is 5.73 Å². The van der Waals surface area contributed by atoms with Crippen LogP contribution < -0.4 is 5.73 Å². The Morgan fingerprint density at radius 2 is 1.96 bits per heavy atom. The van der Waals surface area contributed by atoms with Crippen molar-refractivity contribution in [2.75, 3.05) is 6.61 Å². The van der Waals surface area contributed by atoms with Gasteiger partial charge in [0.05, 0.1) is 17.7 Å². The molecule has 0 bridgehead atoms. The number of rotatable bonds is 6. The number of benzene rings is 1. The first-order chi connectivity index (χ1) is 11.8. The van der Waals surface area contributed by atoms with Gasteiger partial charge in [0.25, 0.3) is 0 Å². The molecule has 1 aromatic heterocycles. The molecule has 0 spiro atoms. The van der Waals surface area contributed by atoms with Crippen LogP contribution in [-0.4, -0.2) is 22.7 Å². The van der Waals surface area contributed by atoms with E-state index in [0.717, 1.165) is 35.5 Å². The maximum absolute atomic E-state index is 13.0. The zero-order valence-electron chi connectivity index (χ0n) is 13.9. The standard InChI is InChI=1S/C17H16F3N3OS.2ClH/c18-17(19,20)13-4-3-11(8-21)15(6-13)25-16(7-14(22)10-24)12-2-1-5-23-9-12;;/h1-6,9,14,16,24H,7,10,22H2;2*1H/t14-,16+;;/m0../s1. The summed E-state index contributed by atoms with van der Waals surface area (Å²) in [7, 11) is 0. The summed E-state index contributed by atoms with van der Waals surface area (Å²) >= 11 is 1.11. The predicted octanol–water partition coefficient (Wildman–Crippen LogP) is 4.36. The van der Waals surface area contributed by atoms with E-state index in [-0.39, 0.29) is 47.1 Å². The van der Waals surface area contributed by atoms with Crippen molar-refractivity contribution >= 4 is 36.6 Å². The second-order valence-corrected chi connectivity index (χ2v) is 6.64. The Kier molecular flexibility index (Phi) is 10.7. The SMILES string of the molecule is Cl.Cl.N#Cc1ccc(C(F)(F)F)cc1S[C@H](C[C@H](N)CO)c1cccnc1. The van der Waals surface area contributed by atoms with Crippen LogP contribution in [0.3, 0.4) is 0 Å². The lowest BCUT2D eigenvalue weighted by Gasteiger charge is -2.21. The van der Waals surface area contributed by atoms with Gasteiger partial charge in [0, 0.05) is 28.6 Å². The normalized spacial score (nSPS) is 12.9. The molecular weight excluding hydrogens is 422 g/mol. The molecule has 0 saturated heterocycles. The summed E-state index contributed by atoms with van der Waals surface area (Å²) in [5.74, 6) is 0. The lowest BCUT2D eigenvalue weighted by Crippen LogP contribution is -2.26. The van der Waals surface area contributed by atoms with Crippen molar-refractivity contribution in [3.05, 3.63) is 59.4 Å². The molecule has 148 valence electrons. The predicted molar refractivity (Wildman–Crippen MR) is 103 cm³/mol. The van der Waals surface area contributed by atoms with Crippen molar-refractivity contribution in [3.8, 4) is 6.07 Å². The first-order valence-corrected chi connectivity index (χ1v) is 8.27. The van der Waals surface area contributed by atoms with Crippen LogP contribution in [0, 0.1) is 11.3 Å². The minimum atomic E-state index is -4.49. The fourth-order valence-electron chi connectivity index (χ4n) is 2.21. The van der Waals surface area contributed by atoms with Crippen LogP contribution in [0.2, 0.25) is 0 Å². The van der Waals surface area contributed by atoms with E-state index in [1.54, 1.807) is 24.5 Å². The number of nitriles is 1. The van der Waals surface area contributed by atoms with Gasteiger partial charge in [0.1, 0.15) is 6.07 Å². The van der Waals surface area contributed by atoms with Crippen molar-refractivity contribution in [1.29, 1.82) is 5.26 Å². The van der Waals surface area contributed by atoms with Gasteiger partial charge >= 0.3 is 6.18 Å². The molecule has 0 fully saturated rings. The lowest BCUT2D eigenvalue weighted by atomic mass is 10.1. The van der Waals surface area contributed by atoms with Gasteiger partial charge in [-0.2, -0.15) is 18.4 Å². The number of aliphatic hydroxyl groups excluding tert-OH is 1. The summed E-state index contributed by atoms with van der Waals surface area (Å²) < 4.78 is 38.9. The molecule has 4 nitrogen and oxygen atoms in total. The summed E-state index contributed by atoms with van der Waals surface area (Å²) in [6.45, 7) is -0.245. The van der Waals surface area contributed by atoms with Crippen LogP contribution in [0.4, 0.5) is 13.2 Å². The molecule has 3 N–H and O–H groups in total. The van der Waals surface area contributed by atoms with Crippen molar-refractivity contribution in [2.24, 2.45) is 5.73 Å². The number of nitrogens with zero attached hydrogens (tertiary/aromatic N) is 2. The smallest absolute Gasteiger partial charge is 0.395 e. The maximum atomic E-state index is 13.0. The van der Waals surface area contributed by atoms with Crippen LogP contribution in [0.1, 0.15) is 28.4 Å². The average Bonchev–Trinajstić information content (AvgIpc) is 2.60. The summed E-state index contributed by atoms with van der Waals surface area (Å²) in [4.78, 5) is 4.24. The zero-order valence-corrected chi connectivity index (χ0v) is 16.3. The molecule has 27 heavy (non-hydrogen) atoms. The minimum absolute atomic E-state index is 0. The van der Waals surface area contributed by atoms with Gasteiger partial charge in [-0.05, 0) is 36.2 Å². The molecule has 0 aliphatic rings. The quantitative estimate of drug-likeness (QED) is 0.653. The van der Waals surface area contributed by atoms with Crippen LogP contribution in [0.15, 0.2) is 47.6 Å². The van der Waals surface area contributed by atoms with Crippen LogP contribution >= 0.6 is 36.6 Å². The number of hydrogen-bond donors (Lipinski definition) is 2. The third-order valence-corrected chi connectivity index (χ3v) is 4.85. The Morgan fingerprint density at radius 3 is 2.48 bits per heavy atom. The van der Waals surface area contributed by atoms with E-state index >= 15 is 0 Å². The summed E-state index contributed by atoms with van der Waals surface area (Å²) in [5.41, 5.74) is 5.91. The number of thioether (sulfide) groups is 1. The highest BCUT2D eigenvalue weighted by molar-refractivity contribution is 7.99. The van der Waals surface area contributed by atoms with Crippen LogP contribution in [0.5, 0.6) is 0 Å². The number of nitrogens with two attached hydrogens (primary N) is 1. The van der Waals surface area contributed by atoms with E-state index < -0.39 is 17.8 Å². The first-order valence-electron chi connectivity index (χ1n) is 7.39. The first kappa shape index (κ1) is 25.5. The van der Waals surface area contributed by atoms with Crippen molar-refractivity contribution in [3.63, 3.8) is 0 Å². The molecule has 2 aromatic rings. The molecular formula is C17H18Cl2F3N3OS. The Hall–Kier alpha value is -1.50. The van der Waals surface area contributed by atoms with E-state index in [1.165, 1.54) is 0 Å². The number of aromatic nitrogens is 1. The Morgan fingerprint density at radius 1 is 1.26 bits per heavy atom. The molecule has 0 unspecified atom stereocenters. The third-order valence-electron chi connectivity index (χ3n) is 3.51. The number of pyridine rings is 1. The van der Waals surface area contributed by atoms with E-state index in [0.29, 0.717) is 6.42 Å².